The summed E-state index contributed by atoms with van der Waals surface area (Å²) in [4.78, 5) is 37.3. The zero-order valence-electron chi connectivity index (χ0n) is 25.5. The van der Waals surface area contributed by atoms with Crippen LogP contribution in [0.2, 0.25) is 0 Å². The van der Waals surface area contributed by atoms with E-state index in [9.17, 15) is 65.4 Å². The lowest BCUT2D eigenvalue weighted by Gasteiger charge is -2.51. The lowest BCUT2D eigenvalue weighted by Crippen LogP contribution is -2.71. The van der Waals surface area contributed by atoms with E-state index in [0.717, 1.165) is 21.0 Å². The quantitative estimate of drug-likeness (QED) is 0.0847. The molecule has 3 fully saturated rings. The SMILES string of the molecule is COC(=O)[C@@]1(O[C@@H]2[C@@H](O)[C@H](O[C@H]3[C@H](O)[C@@H](O)C(O)O[C@@H]3CO)O[C@H](CO)[C@@H]2OC(C)=O)C[C@H](O)[C@@H](NC(C)=O)[C@H]([C@H](O)[C@H](O)CO)O1. The average Bonchev–Trinajstić information content (AvgIpc) is 3.03. The number of methoxy groups -OCH3 is 1. The van der Waals surface area contributed by atoms with E-state index in [-0.39, 0.29) is 0 Å². The zero-order valence-corrected chi connectivity index (χ0v) is 25.5. The molecule has 1 unspecified atom stereocenters. The molecular formula is C26H43NO20. The van der Waals surface area contributed by atoms with Crippen LogP contribution in [0.4, 0.5) is 0 Å². The van der Waals surface area contributed by atoms with Crippen molar-refractivity contribution >= 4 is 17.8 Å². The van der Waals surface area contributed by atoms with Crippen molar-refractivity contribution < 1.29 is 98.6 Å². The Morgan fingerprint density at radius 1 is 0.894 bits per heavy atom. The predicted molar refractivity (Wildman–Crippen MR) is 144 cm³/mol. The van der Waals surface area contributed by atoms with Crippen LogP contribution >= 0.6 is 0 Å². The third-order valence-corrected chi connectivity index (χ3v) is 7.91. The first kappa shape index (κ1) is 39.3. The molecule has 0 aliphatic carbocycles. The van der Waals surface area contributed by atoms with Gasteiger partial charge in [0.15, 0.2) is 18.7 Å². The van der Waals surface area contributed by atoms with E-state index >= 15 is 0 Å². The standard InChI is InChI=1S/C26H43NO20/c1-8(31)27-14-10(33)4-26(25(40)41-3,46-21(14)15(35)11(34)5-28)47-22-18(38)24(44-13(7-30)20(22)42-9(2)32)45-19-12(6-29)43-23(39)17(37)16(19)36/h10-24,28-30,33-39H,4-7H2,1-3H3,(H,27,31)/t10-,11+,12+,13+,14+,15+,16+,17+,18+,19+,20-,21+,22+,23?,24-,26-/m0/s1. The summed E-state index contributed by atoms with van der Waals surface area (Å²) in [6.45, 7) is -0.847. The summed E-state index contributed by atoms with van der Waals surface area (Å²) < 4.78 is 38.0. The number of amides is 1. The molecule has 0 saturated carbocycles. The Morgan fingerprint density at radius 3 is 2.04 bits per heavy atom. The first-order valence-electron chi connectivity index (χ1n) is 14.5. The van der Waals surface area contributed by atoms with E-state index in [1.165, 1.54) is 0 Å². The van der Waals surface area contributed by atoms with Gasteiger partial charge in [-0.1, -0.05) is 0 Å². The minimum atomic E-state index is -2.84. The van der Waals surface area contributed by atoms with Gasteiger partial charge in [0.05, 0.1) is 39.1 Å². The van der Waals surface area contributed by atoms with Crippen molar-refractivity contribution in [2.45, 2.75) is 118 Å². The molecule has 3 saturated heterocycles. The molecule has 0 aromatic rings. The van der Waals surface area contributed by atoms with Crippen LogP contribution in [0.3, 0.4) is 0 Å². The minimum absolute atomic E-state index is 0.729. The zero-order chi connectivity index (χ0) is 35.4. The number of aliphatic hydroxyl groups is 10. The molecular weight excluding hydrogens is 646 g/mol. The van der Waals surface area contributed by atoms with Crippen molar-refractivity contribution in [2.24, 2.45) is 0 Å². The summed E-state index contributed by atoms with van der Waals surface area (Å²) in [5, 5.41) is 106. The van der Waals surface area contributed by atoms with E-state index in [0.29, 0.717) is 0 Å². The first-order valence-corrected chi connectivity index (χ1v) is 14.5. The Labute approximate surface area is 267 Å². The predicted octanol–water partition coefficient (Wildman–Crippen LogP) is -7.56. The molecule has 3 rings (SSSR count). The van der Waals surface area contributed by atoms with E-state index in [4.69, 9.17) is 33.2 Å². The van der Waals surface area contributed by atoms with E-state index in [1.54, 1.807) is 0 Å². The lowest BCUT2D eigenvalue weighted by atomic mass is 9.88. The number of carbonyl (C=O) groups excluding carboxylic acids is 3. The molecule has 16 atom stereocenters. The molecule has 0 aromatic carbocycles. The summed E-state index contributed by atoms with van der Waals surface area (Å²) in [6.07, 6.45) is -27.2. The Hall–Kier alpha value is -2.19. The van der Waals surface area contributed by atoms with Gasteiger partial charge in [-0.05, 0) is 0 Å². The van der Waals surface area contributed by atoms with Gasteiger partial charge in [0, 0.05) is 20.3 Å². The molecule has 3 aliphatic rings. The molecule has 3 aliphatic heterocycles. The van der Waals surface area contributed by atoms with Gasteiger partial charge >= 0.3 is 11.9 Å². The highest BCUT2D eigenvalue weighted by molar-refractivity contribution is 5.78. The summed E-state index contributed by atoms with van der Waals surface area (Å²) in [6, 6.07) is -1.51. The highest BCUT2D eigenvalue weighted by atomic mass is 16.8. The minimum Gasteiger partial charge on any atom is -0.465 e. The first-order chi connectivity index (χ1) is 22.0. The number of ether oxygens (including phenoxy) is 7. The maximum absolute atomic E-state index is 13.3. The Bertz CT molecular complexity index is 1070. The number of carbonyl (C=O) groups is 3. The van der Waals surface area contributed by atoms with Gasteiger partial charge in [-0.2, -0.15) is 0 Å². The third kappa shape index (κ3) is 8.52. The normalized spacial score (nSPS) is 42.2. The molecule has 21 nitrogen and oxygen atoms in total. The van der Waals surface area contributed by atoms with Crippen molar-refractivity contribution in [1.29, 1.82) is 0 Å². The van der Waals surface area contributed by atoms with E-state index in [1.807, 2.05) is 0 Å². The van der Waals surface area contributed by atoms with E-state index < -0.39 is 142 Å². The molecule has 1 amide bonds. The number of hydrogen-bond acceptors (Lipinski definition) is 20. The lowest BCUT2D eigenvalue weighted by molar-refractivity contribution is -0.385. The van der Waals surface area contributed by atoms with Crippen LogP contribution < -0.4 is 5.32 Å². The van der Waals surface area contributed by atoms with Crippen molar-refractivity contribution in [1.82, 2.24) is 5.32 Å². The molecule has 11 N–H and O–H groups in total. The summed E-state index contributed by atoms with van der Waals surface area (Å²) in [7, 11) is 0.878. The van der Waals surface area contributed by atoms with Gasteiger partial charge in [0.1, 0.15) is 61.0 Å². The molecule has 3 heterocycles. The summed E-state index contributed by atoms with van der Waals surface area (Å²) in [5.74, 6) is -5.96. The Morgan fingerprint density at radius 2 is 1.51 bits per heavy atom. The number of nitrogens with one attached hydrogen (secondary N) is 1. The number of esters is 2. The second kappa shape index (κ2) is 16.5. The number of rotatable bonds is 12. The fourth-order valence-corrected chi connectivity index (χ4v) is 5.63. The van der Waals surface area contributed by atoms with E-state index in [2.05, 4.69) is 5.32 Å². The summed E-state index contributed by atoms with van der Waals surface area (Å²) >= 11 is 0. The Kier molecular flexibility index (Phi) is 13.8. The highest BCUT2D eigenvalue weighted by Crippen LogP contribution is 2.39. The van der Waals surface area contributed by atoms with Gasteiger partial charge < -0.3 is 89.5 Å². The largest absolute Gasteiger partial charge is 0.465 e. The van der Waals surface area contributed by atoms with Crippen LogP contribution in [0.25, 0.3) is 0 Å². The van der Waals surface area contributed by atoms with Gasteiger partial charge in [-0.15, -0.1) is 0 Å². The van der Waals surface area contributed by atoms with Crippen LogP contribution in [0, 0.1) is 0 Å². The average molecular weight is 690 g/mol. The molecule has 272 valence electrons. The van der Waals surface area contributed by atoms with Crippen LogP contribution in [-0.4, -0.2) is 193 Å². The number of hydrogen-bond donors (Lipinski definition) is 11. The van der Waals surface area contributed by atoms with Gasteiger partial charge in [-0.25, -0.2) is 4.79 Å². The van der Waals surface area contributed by atoms with Gasteiger partial charge in [-0.3, -0.25) is 9.59 Å². The van der Waals surface area contributed by atoms with Crippen molar-refractivity contribution in [3.05, 3.63) is 0 Å². The van der Waals surface area contributed by atoms with Crippen LogP contribution in [0.15, 0.2) is 0 Å². The maximum Gasteiger partial charge on any atom is 0.366 e. The van der Waals surface area contributed by atoms with Gasteiger partial charge in [0.25, 0.3) is 5.79 Å². The second-order valence-corrected chi connectivity index (χ2v) is 11.3. The van der Waals surface area contributed by atoms with Crippen LogP contribution in [0.1, 0.15) is 20.3 Å². The molecule has 0 radical (unpaired) electrons. The molecule has 47 heavy (non-hydrogen) atoms. The van der Waals surface area contributed by atoms with Crippen LogP contribution in [0.5, 0.6) is 0 Å². The van der Waals surface area contributed by atoms with Gasteiger partial charge in [0.2, 0.25) is 5.91 Å². The molecule has 0 spiro atoms. The second-order valence-electron chi connectivity index (χ2n) is 11.3. The monoisotopic (exact) mass is 689 g/mol. The Balaban J connectivity index is 2.07. The molecule has 0 aromatic heterocycles. The van der Waals surface area contributed by atoms with Crippen molar-refractivity contribution in [3.63, 3.8) is 0 Å². The van der Waals surface area contributed by atoms with Crippen molar-refractivity contribution in [3.8, 4) is 0 Å². The fourth-order valence-electron chi connectivity index (χ4n) is 5.63. The number of aliphatic hydroxyl groups excluding tert-OH is 10. The van der Waals surface area contributed by atoms with Crippen LogP contribution in [-0.2, 0) is 47.5 Å². The third-order valence-electron chi connectivity index (χ3n) is 7.91. The topological polar surface area (TPSA) is 330 Å². The van der Waals surface area contributed by atoms with Crippen molar-refractivity contribution in [2.75, 3.05) is 26.9 Å². The molecule has 0 bridgehead atoms. The maximum atomic E-state index is 13.3. The smallest absolute Gasteiger partial charge is 0.366 e. The fraction of sp³-hybridized carbons (Fsp3) is 0.885. The highest BCUT2D eigenvalue weighted by Gasteiger charge is 2.61. The molecule has 21 heteroatoms. The summed E-state index contributed by atoms with van der Waals surface area (Å²) in [5.41, 5.74) is 0.